The van der Waals surface area contributed by atoms with Crippen LogP contribution in [0.4, 0.5) is 16.3 Å². The second kappa shape index (κ2) is 5.72. The third kappa shape index (κ3) is 2.52. The van der Waals surface area contributed by atoms with Crippen molar-refractivity contribution in [3.05, 3.63) is 30.5 Å². The Morgan fingerprint density at radius 2 is 2.12 bits per heavy atom. The maximum Gasteiger partial charge on any atom is 0.322 e. The first-order valence-electron chi connectivity index (χ1n) is 8.95. The quantitative estimate of drug-likeness (QED) is 0.914. The molecule has 2 amide bonds. The van der Waals surface area contributed by atoms with Crippen LogP contribution in [0.3, 0.4) is 0 Å². The number of amides is 2. The lowest BCUT2D eigenvalue weighted by molar-refractivity contribution is 0.252. The van der Waals surface area contributed by atoms with E-state index in [1.165, 1.54) is 19.3 Å². The number of nitrogens with one attached hydrogen (secondary N) is 1. The van der Waals surface area contributed by atoms with E-state index in [0.29, 0.717) is 25.0 Å². The third-order valence-corrected chi connectivity index (χ3v) is 5.45. The van der Waals surface area contributed by atoms with Crippen molar-refractivity contribution in [3.8, 4) is 0 Å². The first kappa shape index (κ1) is 14.7. The summed E-state index contributed by atoms with van der Waals surface area (Å²) in [4.78, 5) is 24.9. The summed E-state index contributed by atoms with van der Waals surface area (Å²) >= 11 is 0. The summed E-state index contributed by atoms with van der Waals surface area (Å²) in [7, 11) is 0. The van der Waals surface area contributed by atoms with Gasteiger partial charge >= 0.3 is 6.03 Å². The average Bonchev–Trinajstić information content (AvgIpc) is 3.13. The second-order valence-corrected chi connectivity index (χ2v) is 7.02. The molecule has 5 rings (SSSR count). The average molecular weight is 339 g/mol. The first-order chi connectivity index (χ1) is 12.3. The summed E-state index contributed by atoms with van der Waals surface area (Å²) in [5.41, 5.74) is 0.864. The number of aromatic nitrogens is 4. The predicted molar refractivity (Wildman–Crippen MR) is 92.8 cm³/mol. The number of rotatable bonds is 4. The van der Waals surface area contributed by atoms with E-state index in [0.717, 1.165) is 30.4 Å². The molecule has 2 aliphatic heterocycles. The van der Waals surface area contributed by atoms with Crippen molar-refractivity contribution < 1.29 is 4.79 Å². The Hall–Kier alpha value is -2.64. The monoisotopic (exact) mass is 339 g/mol. The van der Waals surface area contributed by atoms with Crippen molar-refractivity contribution in [2.45, 2.75) is 31.2 Å². The smallest absolute Gasteiger partial charge is 0.322 e. The van der Waals surface area contributed by atoms with E-state index < -0.39 is 0 Å². The van der Waals surface area contributed by atoms with E-state index in [4.69, 9.17) is 4.98 Å². The van der Waals surface area contributed by atoms with Crippen molar-refractivity contribution in [3.63, 3.8) is 0 Å². The Balaban J connectivity index is 1.25. The first-order valence-corrected chi connectivity index (χ1v) is 8.95. The minimum Gasteiger partial charge on any atom is -0.352 e. The molecule has 8 nitrogen and oxygen atoms in total. The summed E-state index contributed by atoms with van der Waals surface area (Å²) in [6, 6.07) is 2.27. The van der Waals surface area contributed by atoms with Gasteiger partial charge in [-0.05, 0) is 18.9 Å². The molecule has 0 unspecified atom stereocenters. The molecule has 2 saturated heterocycles. The zero-order chi connectivity index (χ0) is 16.8. The van der Waals surface area contributed by atoms with Gasteiger partial charge in [-0.1, -0.05) is 6.42 Å². The van der Waals surface area contributed by atoms with Gasteiger partial charge in [0.25, 0.3) is 0 Å². The number of urea groups is 1. The second-order valence-electron chi connectivity index (χ2n) is 7.02. The van der Waals surface area contributed by atoms with Crippen LogP contribution < -0.4 is 15.1 Å². The Kier molecular flexibility index (Phi) is 3.36. The van der Waals surface area contributed by atoms with Crippen LogP contribution in [0.1, 0.15) is 37.0 Å². The van der Waals surface area contributed by atoms with Gasteiger partial charge in [0.2, 0.25) is 0 Å². The van der Waals surface area contributed by atoms with Crippen LogP contribution in [-0.2, 0) is 0 Å². The molecule has 1 saturated carbocycles. The Labute approximate surface area is 145 Å². The van der Waals surface area contributed by atoms with Crippen LogP contribution in [0.25, 0.3) is 0 Å². The topological polar surface area (TPSA) is 79.2 Å². The lowest BCUT2D eigenvalue weighted by Crippen LogP contribution is -2.48. The van der Waals surface area contributed by atoms with Crippen LogP contribution >= 0.6 is 0 Å². The van der Waals surface area contributed by atoms with Crippen molar-refractivity contribution in [1.29, 1.82) is 0 Å². The van der Waals surface area contributed by atoms with Gasteiger partial charge in [0, 0.05) is 44.5 Å². The molecular weight excluding hydrogens is 318 g/mol. The molecule has 0 spiro atoms. The molecule has 1 aliphatic carbocycles. The largest absolute Gasteiger partial charge is 0.352 e. The van der Waals surface area contributed by atoms with Gasteiger partial charge in [0.15, 0.2) is 0 Å². The molecule has 3 fully saturated rings. The van der Waals surface area contributed by atoms with Gasteiger partial charge in [-0.25, -0.2) is 14.8 Å². The van der Waals surface area contributed by atoms with Crippen LogP contribution in [0, 0.1) is 0 Å². The maximum absolute atomic E-state index is 11.7. The summed E-state index contributed by atoms with van der Waals surface area (Å²) in [5, 5.41) is 7.26. The summed E-state index contributed by atoms with van der Waals surface area (Å²) in [6.45, 7) is 3.16. The highest BCUT2D eigenvalue weighted by Gasteiger charge is 2.32. The summed E-state index contributed by atoms with van der Waals surface area (Å²) in [5.74, 6) is 2.56. The highest BCUT2D eigenvalue weighted by molar-refractivity contribution is 5.93. The van der Waals surface area contributed by atoms with Crippen molar-refractivity contribution in [1.82, 2.24) is 25.1 Å². The molecule has 4 heterocycles. The molecule has 0 radical (unpaired) electrons. The molecular formula is C17H21N7O. The van der Waals surface area contributed by atoms with E-state index in [-0.39, 0.29) is 6.03 Å². The van der Waals surface area contributed by atoms with Crippen molar-refractivity contribution in [2.24, 2.45) is 0 Å². The zero-order valence-electron chi connectivity index (χ0n) is 14.0. The molecule has 3 aliphatic rings. The highest BCUT2D eigenvalue weighted by Crippen LogP contribution is 2.35. The number of nitrogens with zero attached hydrogens (tertiary/aromatic N) is 6. The van der Waals surface area contributed by atoms with Gasteiger partial charge in [0.05, 0.1) is 17.9 Å². The van der Waals surface area contributed by atoms with Crippen molar-refractivity contribution >= 4 is 17.5 Å². The molecule has 8 heteroatoms. The van der Waals surface area contributed by atoms with Crippen LogP contribution in [0.2, 0.25) is 0 Å². The van der Waals surface area contributed by atoms with E-state index in [2.05, 4.69) is 20.3 Å². The van der Waals surface area contributed by atoms with E-state index in [9.17, 15) is 4.79 Å². The molecule has 130 valence electrons. The molecule has 2 aromatic heterocycles. The standard InChI is InChI=1S/C17H21N7O/c25-17-19-6-7-23(17)13-8-20-24(11-13)14-9-22(10-14)15-4-5-18-16(21-15)12-2-1-3-12/h4-5,8,11-12,14H,1-3,6-7,9-10H2,(H,19,25). The zero-order valence-corrected chi connectivity index (χ0v) is 14.0. The third-order valence-electron chi connectivity index (χ3n) is 5.45. The number of carbonyl (C=O) groups excluding carboxylic acids is 1. The highest BCUT2D eigenvalue weighted by atomic mass is 16.2. The van der Waals surface area contributed by atoms with E-state index >= 15 is 0 Å². The molecule has 25 heavy (non-hydrogen) atoms. The Morgan fingerprint density at radius 3 is 2.84 bits per heavy atom. The molecule has 1 N–H and O–H groups in total. The summed E-state index contributed by atoms with van der Waals surface area (Å²) in [6.07, 6.45) is 9.33. The SMILES string of the molecule is O=C1NCCN1c1cnn(C2CN(c3ccnc(C4CCC4)n3)C2)c1. The minimum absolute atomic E-state index is 0.0423. The fraction of sp³-hybridized carbons (Fsp3) is 0.529. The lowest BCUT2D eigenvalue weighted by Gasteiger charge is -2.40. The fourth-order valence-corrected chi connectivity index (χ4v) is 3.60. The number of carbonyl (C=O) groups is 1. The van der Waals surface area contributed by atoms with E-state index in [1.807, 2.05) is 23.1 Å². The number of hydrogen-bond acceptors (Lipinski definition) is 5. The predicted octanol–water partition coefficient (Wildman–Crippen LogP) is 1.53. The molecule has 0 bridgehead atoms. The van der Waals surface area contributed by atoms with Crippen LogP contribution in [0.5, 0.6) is 0 Å². The summed E-state index contributed by atoms with van der Waals surface area (Å²) < 4.78 is 1.96. The minimum atomic E-state index is -0.0423. The Bertz CT molecular complexity index is 794. The molecule has 0 atom stereocenters. The van der Waals surface area contributed by atoms with Gasteiger partial charge < -0.3 is 10.2 Å². The fourth-order valence-electron chi connectivity index (χ4n) is 3.60. The maximum atomic E-state index is 11.7. The normalized spacial score (nSPS) is 21.2. The van der Waals surface area contributed by atoms with Crippen LogP contribution in [-0.4, -0.2) is 52.0 Å². The van der Waals surface area contributed by atoms with E-state index in [1.54, 1.807) is 11.1 Å². The van der Waals surface area contributed by atoms with Gasteiger partial charge in [-0.3, -0.25) is 9.58 Å². The number of anilines is 2. The molecule has 2 aromatic rings. The van der Waals surface area contributed by atoms with Gasteiger partial charge in [0.1, 0.15) is 11.6 Å². The number of hydrogen-bond donors (Lipinski definition) is 1. The van der Waals surface area contributed by atoms with Crippen molar-refractivity contribution in [2.75, 3.05) is 36.0 Å². The van der Waals surface area contributed by atoms with Gasteiger partial charge in [-0.15, -0.1) is 0 Å². The van der Waals surface area contributed by atoms with Crippen LogP contribution in [0.15, 0.2) is 24.7 Å². The lowest BCUT2D eigenvalue weighted by atomic mass is 9.85. The van der Waals surface area contributed by atoms with Gasteiger partial charge in [-0.2, -0.15) is 5.10 Å². The molecule has 0 aromatic carbocycles. The Morgan fingerprint density at radius 1 is 1.24 bits per heavy atom.